The lowest BCUT2D eigenvalue weighted by Crippen LogP contribution is -2.43. The second-order valence-electron chi connectivity index (χ2n) is 5.69. The van der Waals surface area contributed by atoms with Crippen LogP contribution < -0.4 is 10.2 Å². The third kappa shape index (κ3) is 4.39. The molecule has 2 heterocycles. The highest BCUT2D eigenvalue weighted by molar-refractivity contribution is 8.00. The van der Waals surface area contributed by atoms with Crippen LogP contribution in [0.1, 0.15) is 32.9 Å². The number of anilines is 1. The van der Waals surface area contributed by atoms with Crippen LogP contribution in [0.2, 0.25) is 0 Å². The standard InChI is InChI=1S/C15H25N3S/c1-4-8-16-11-13-6-5-7-14(17-13)18-9-10-19-15(2,3)12-18/h5-7,16H,4,8-12H2,1-3H3. The predicted molar refractivity (Wildman–Crippen MR) is 85.0 cm³/mol. The fourth-order valence-corrected chi connectivity index (χ4v) is 3.46. The molecule has 19 heavy (non-hydrogen) atoms. The van der Waals surface area contributed by atoms with E-state index in [2.05, 4.69) is 60.9 Å². The normalized spacial score (nSPS) is 18.6. The average molecular weight is 279 g/mol. The number of thioether (sulfide) groups is 1. The van der Waals surface area contributed by atoms with Gasteiger partial charge in [-0.15, -0.1) is 0 Å². The van der Waals surface area contributed by atoms with E-state index in [4.69, 9.17) is 4.98 Å². The minimum Gasteiger partial charge on any atom is -0.354 e. The Morgan fingerprint density at radius 2 is 2.26 bits per heavy atom. The minimum atomic E-state index is 0.330. The second kappa shape index (κ2) is 6.62. The predicted octanol–water partition coefficient (Wildman–Crippen LogP) is 2.91. The Hall–Kier alpha value is -0.740. The van der Waals surface area contributed by atoms with E-state index in [0.717, 1.165) is 44.1 Å². The Morgan fingerprint density at radius 3 is 3.00 bits per heavy atom. The lowest BCUT2D eigenvalue weighted by Gasteiger charge is -2.38. The van der Waals surface area contributed by atoms with E-state index in [9.17, 15) is 0 Å². The van der Waals surface area contributed by atoms with E-state index < -0.39 is 0 Å². The average Bonchev–Trinajstić information content (AvgIpc) is 2.38. The molecule has 4 heteroatoms. The first-order chi connectivity index (χ1) is 9.11. The highest BCUT2D eigenvalue weighted by Gasteiger charge is 2.27. The smallest absolute Gasteiger partial charge is 0.128 e. The van der Waals surface area contributed by atoms with E-state index in [0.29, 0.717) is 4.75 Å². The monoisotopic (exact) mass is 279 g/mol. The van der Waals surface area contributed by atoms with Crippen LogP contribution in [0.5, 0.6) is 0 Å². The van der Waals surface area contributed by atoms with Gasteiger partial charge in [-0.1, -0.05) is 13.0 Å². The van der Waals surface area contributed by atoms with Gasteiger partial charge in [0.15, 0.2) is 0 Å². The second-order valence-corrected chi connectivity index (χ2v) is 7.50. The lowest BCUT2D eigenvalue weighted by atomic mass is 10.2. The first kappa shape index (κ1) is 14.7. The van der Waals surface area contributed by atoms with Crippen molar-refractivity contribution in [3.8, 4) is 0 Å². The maximum Gasteiger partial charge on any atom is 0.128 e. The van der Waals surface area contributed by atoms with Gasteiger partial charge in [0.1, 0.15) is 5.82 Å². The zero-order chi connectivity index (χ0) is 13.7. The lowest BCUT2D eigenvalue weighted by molar-refractivity contribution is 0.635. The fraction of sp³-hybridized carbons (Fsp3) is 0.667. The van der Waals surface area contributed by atoms with Crippen LogP contribution in [0, 0.1) is 0 Å². The molecule has 0 radical (unpaired) electrons. The molecule has 0 unspecified atom stereocenters. The number of aromatic nitrogens is 1. The van der Waals surface area contributed by atoms with Gasteiger partial charge >= 0.3 is 0 Å². The number of nitrogens with zero attached hydrogens (tertiary/aromatic N) is 2. The van der Waals surface area contributed by atoms with E-state index in [1.807, 2.05) is 0 Å². The molecule has 1 aliphatic heterocycles. The fourth-order valence-electron chi connectivity index (χ4n) is 2.35. The molecule has 0 spiro atoms. The van der Waals surface area contributed by atoms with Crippen molar-refractivity contribution in [2.45, 2.75) is 38.5 Å². The molecule has 0 saturated carbocycles. The van der Waals surface area contributed by atoms with Gasteiger partial charge in [0, 0.05) is 30.1 Å². The van der Waals surface area contributed by atoms with Gasteiger partial charge < -0.3 is 10.2 Å². The van der Waals surface area contributed by atoms with Crippen molar-refractivity contribution < 1.29 is 0 Å². The van der Waals surface area contributed by atoms with Gasteiger partial charge in [0.05, 0.1) is 5.69 Å². The molecule has 0 aromatic carbocycles. The van der Waals surface area contributed by atoms with Crippen LogP contribution in [0.4, 0.5) is 5.82 Å². The summed E-state index contributed by atoms with van der Waals surface area (Å²) in [5, 5.41) is 3.41. The van der Waals surface area contributed by atoms with Gasteiger partial charge in [-0.05, 0) is 38.9 Å². The molecule has 106 valence electrons. The maximum absolute atomic E-state index is 4.79. The topological polar surface area (TPSA) is 28.2 Å². The van der Waals surface area contributed by atoms with Crippen LogP contribution in [-0.4, -0.2) is 35.1 Å². The number of hydrogen-bond acceptors (Lipinski definition) is 4. The largest absolute Gasteiger partial charge is 0.354 e. The summed E-state index contributed by atoms with van der Waals surface area (Å²) in [5.41, 5.74) is 1.14. The molecule has 1 aliphatic rings. The van der Waals surface area contributed by atoms with Crippen LogP contribution in [0.3, 0.4) is 0 Å². The van der Waals surface area contributed by atoms with E-state index >= 15 is 0 Å². The molecule has 1 fully saturated rings. The summed E-state index contributed by atoms with van der Waals surface area (Å²) in [6.07, 6.45) is 1.16. The zero-order valence-electron chi connectivity index (χ0n) is 12.3. The number of rotatable bonds is 5. The maximum atomic E-state index is 4.79. The van der Waals surface area contributed by atoms with Crippen molar-refractivity contribution in [1.29, 1.82) is 0 Å². The molecule has 1 saturated heterocycles. The molecule has 0 aliphatic carbocycles. The van der Waals surface area contributed by atoms with Gasteiger partial charge in [-0.25, -0.2) is 4.98 Å². The highest BCUT2D eigenvalue weighted by Crippen LogP contribution is 2.31. The van der Waals surface area contributed by atoms with Crippen LogP contribution in [0.25, 0.3) is 0 Å². The summed E-state index contributed by atoms with van der Waals surface area (Å²) in [7, 11) is 0. The first-order valence-corrected chi connectivity index (χ1v) is 8.15. The highest BCUT2D eigenvalue weighted by atomic mass is 32.2. The van der Waals surface area contributed by atoms with E-state index in [-0.39, 0.29) is 0 Å². The summed E-state index contributed by atoms with van der Waals surface area (Å²) >= 11 is 2.06. The Balaban J connectivity index is 2.01. The third-order valence-corrected chi connectivity index (χ3v) is 4.57. The summed E-state index contributed by atoms with van der Waals surface area (Å²) in [4.78, 5) is 7.20. The summed E-state index contributed by atoms with van der Waals surface area (Å²) in [6, 6.07) is 6.37. The number of hydrogen-bond donors (Lipinski definition) is 1. The number of nitrogens with one attached hydrogen (secondary N) is 1. The van der Waals surface area contributed by atoms with Crippen molar-refractivity contribution in [3.05, 3.63) is 23.9 Å². The summed E-state index contributed by atoms with van der Waals surface area (Å²) in [6.45, 7) is 10.9. The molecule has 0 amide bonds. The van der Waals surface area contributed by atoms with Crippen molar-refractivity contribution in [2.75, 3.05) is 30.3 Å². The molecule has 1 N–H and O–H groups in total. The molecular formula is C15H25N3S. The van der Waals surface area contributed by atoms with Crippen molar-refractivity contribution >= 4 is 17.6 Å². The molecule has 2 rings (SSSR count). The van der Waals surface area contributed by atoms with Crippen LogP contribution in [-0.2, 0) is 6.54 Å². The minimum absolute atomic E-state index is 0.330. The van der Waals surface area contributed by atoms with E-state index in [1.54, 1.807) is 0 Å². The number of pyridine rings is 1. The Labute approximate surface area is 121 Å². The van der Waals surface area contributed by atoms with Crippen LogP contribution in [0.15, 0.2) is 18.2 Å². The van der Waals surface area contributed by atoms with Crippen LogP contribution >= 0.6 is 11.8 Å². The molecule has 1 aromatic heterocycles. The Bertz CT molecular complexity index is 406. The Kier molecular flexibility index (Phi) is 5.11. The molecular weight excluding hydrogens is 254 g/mol. The quantitative estimate of drug-likeness (QED) is 0.839. The van der Waals surface area contributed by atoms with Gasteiger partial charge in [0.2, 0.25) is 0 Å². The van der Waals surface area contributed by atoms with Gasteiger partial charge in [0.25, 0.3) is 0 Å². The Morgan fingerprint density at radius 1 is 1.42 bits per heavy atom. The van der Waals surface area contributed by atoms with Gasteiger partial charge in [-0.2, -0.15) is 11.8 Å². The molecule has 3 nitrogen and oxygen atoms in total. The third-order valence-electron chi connectivity index (χ3n) is 3.27. The summed E-state index contributed by atoms with van der Waals surface area (Å²) in [5.74, 6) is 2.32. The summed E-state index contributed by atoms with van der Waals surface area (Å²) < 4.78 is 0.330. The van der Waals surface area contributed by atoms with E-state index in [1.165, 1.54) is 5.75 Å². The van der Waals surface area contributed by atoms with Crippen molar-refractivity contribution in [3.63, 3.8) is 0 Å². The first-order valence-electron chi connectivity index (χ1n) is 7.16. The zero-order valence-corrected chi connectivity index (χ0v) is 13.1. The van der Waals surface area contributed by atoms with Crippen molar-refractivity contribution in [1.82, 2.24) is 10.3 Å². The SMILES string of the molecule is CCCNCc1cccc(N2CCSC(C)(C)C2)n1. The molecule has 1 aromatic rings. The molecule has 0 bridgehead atoms. The molecule has 0 atom stereocenters. The van der Waals surface area contributed by atoms with Gasteiger partial charge in [-0.3, -0.25) is 0 Å². The van der Waals surface area contributed by atoms with Crippen molar-refractivity contribution in [2.24, 2.45) is 0 Å².